The highest BCUT2D eigenvalue weighted by Gasteiger charge is 2.54. The number of carbonyl (C=O) groups excluding carboxylic acids is 2. The molecule has 2 aromatic rings. The fourth-order valence-corrected chi connectivity index (χ4v) is 3.34. The highest BCUT2D eigenvalue weighted by Crippen LogP contribution is 2.36. The molecule has 0 aliphatic carbocycles. The van der Waals surface area contributed by atoms with Crippen LogP contribution in [-0.4, -0.2) is 43.1 Å². The van der Waals surface area contributed by atoms with E-state index in [0.717, 1.165) is 10.5 Å². The molecular formula is C19H18N4O4. The van der Waals surface area contributed by atoms with Crippen LogP contribution in [-0.2, 0) is 16.1 Å². The monoisotopic (exact) mass is 366 g/mol. The predicted molar refractivity (Wildman–Crippen MR) is 96.5 cm³/mol. The van der Waals surface area contributed by atoms with Crippen molar-refractivity contribution in [2.24, 2.45) is 10.3 Å². The lowest BCUT2D eigenvalue weighted by Crippen LogP contribution is -2.39. The van der Waals surface area contributed by atoms with E-state index in [2.05, 4.69) is 10.3 Å². The normalized spacial score (nSPS) is 21.0. The number of hydrogen-bond acceptors (Lipinski definition) is 7. The zero-order valence-corrected chi connectivity index (χ0v) is 14.9. The van der Waals surface area contributed by atoms with Gasteiger partial charge in [0.05, 0.1) is 26.5 Å². The molecule has 2 aliphatic rings. The number of benzene rings is 2. The molecule has 0 spiro atoms. The van der Waals surface area contributed by atoms with Gasteiger partial charge in [0, 0.05) is 6.07 Å². The summed E-state index contributed by atoms with van der Waals surface area (Å²) in [5.74, 6) is 0.219. The number of anilines is 1. The predicted octanol–water partition coefficient (Wildman–Crippen LogP) is 2.20. The van der Waals surface area contributed by atoms with Crippen LogP contribution < -0.4 is 14.4 Å². The minimum atomic E-state index is -0.825. The molecule has 2 amide bonds. The fraction of sp³-hybridized carbons (Fsp3) is 0.263. The molecule has 1 saturated heterocycles. The summed E-state index contributed by atoms with van der Waals surface area (Å²) in [5.41, 5.74) is 1.41. The van der Waals surface area contributed by atoms with Gasteiger partial charge in [0.2, 0.25) is 0 Å². The molecule has 138 valence electrons. The van der Waals surface area contributed by atoms with Gasteiger partial charge in [-0.1, -0.05) is 35.6 Å². The Bertz CT molecular complexity index is 915. The number of amides is 2. The van der Waals surface area contributed by atoms with Crippen LogP contribution in [0.1, 0.15) is 5.56 Å². The highest BCUT2D eigenvalue weighted by molar-refractivity contribution is 6.25. The lowest BCUT2D eigenvalue weighted by atomic mass is 10.1. The van der Waals surface area contributed by atoms with Crippen molar-refractivity contribution in [3.8, 4) is 11.5 Å². The zero-order chi connectivity index (χ0) is 19.0. The summed E-state index contributed by atoms with van der Waals surface area (Å²) in [6.45, 7) is 0.407. The van der Waals surface area contributed by atoms with Crippen LogP contribution in [0.2, 0.25) is 0 Å². The first-order valence-electron chi connectivity index (χ1n) is 8.45. The third kappa shape index (κ3) is 2.79. The summed E-state index contributed by atoms with van der Waals surface area (Å²) >= 11 is 0. The van der Waals surface area contributed by atoms with Gasteiger partial charge in [0.1, 0.15) is 0 Å². The third-order valence-electron chi connectivity index (χ3n) is 4.67. The third-order valence-corrected chi connectivity index (χ3v) is 4.67. The van der Waals surface area contributed by atoms with Crippen molar-refractivity contribution < 1.29 is 19.1 Å². The molecule has 2 aromatic carbocycles. The minimum absolute atomic E-state index is 0.349. The number of nitrogens with zero attached hydrogens (tertiary/aromatic N) is 4. The molecule has 1 fully saturated rings. The number of hydrogen-bond donors (Lipinski definition) is 0. The van der Waals surface area contributed by atoms with Crippen molar-refractivity contribution in [1.82, 2.24) is 5.01 Å². The Morgan fingerprint density at radius 3 is 2.41 bits per heavy atom. The molecule has 0 saturated carbocycles. The molecule has 27 heavy (non-hydrogen) atoms. The zero-order valence-electron chi connectivity index (χ0n) is 14.9. The van der Waals surface area contributed by atoms with Gasteiger partial charge in [-0.2, -0.15) is 5.11 Å². The fourth-order valence-electron chi connectivity index (χ4n) is 3.34. The molecule has 2 atom stereocenters. The minimum Gasteiger partial charge on any atom is -0.493 e. The molecule has 0 aromatic heterocycles. The van der Waals surface area contributed by atoms with Gasteiger partial charge in [-0.25, -0.2) is 4.90 Å². The van der Waals surface area contributed by atoms with Gasteiger partial charge in [-0.05, 0) is 17.7 Å². The summed E-state index contributed by atoms with van der Waals surface area (Å²) in [5, 5.41) is 9.66. The van der Waals surface area contributed by atoms with Crippen LogP contribution in [0.3, 0.4) is 0 Å². The second kappa shape index (κ2) is 6.71. The van der Waals surface area contributed by atoms with Gasteiger partial charge in [0.25, 0.3) is 11.8 Å². The average Bonchev–Trinajstić information content (AvgIpc) is 3.22. The van der Waals surface area contributed by atoms with E-state index in [9.17, 15) is 9.59 Å². The van der Waals surface area contributed by atoms with Gasteiger partial charge in [-0.3, -0.25) is 14.6 Å². The highest BCUT2D eigenvalue weighted by atomic mass is 16.5. The molecule has 0 radical (unpaired) electrons. The molecule has 8 heteroatoms. The maximum absolute atomic E-state index is 13.0. The van der Waals surface area contributed by atoms with Crippen molar-refractivity contribution in [1.29, 1.82) is 0 Å². The van der Waals surface area contributed by atoms with Gasteiger partial charge < -0.3 is 9.47 Å². The Labute approximate surface area is 156 Å². The maximum atomic E-state index is 13.0. The van der Waals surface area contributed by atoms with Gasteiger partial charge >= 0.3 is 0 Å². The Morgan fingerprint density at radius 2 is 1.70 bits per heavy atom. The lowest BCUT2D eigenvalue weighted by molar-refractivity contribution is -0.123. The average molecular weight is 366 g/mol. The van der Waals surface area contributed by atoms with E-state index in [1.54, 1.807) is 23.2 Å². The van der Waals surface area contributed by atoms with Crippen molar-refractivity contribution in [2.75, 3.05) is 19.1 Å². The Balaban J connectivity index is 1.62. The number of carbonyl (C=O) groups is 2. The number of imide groups is 1. The Hall–Kier alpha value is -3.42. The lowest BCUT2D eigenvalue weighted by Gasteiger charge is -2.21. The molecule has 2 heterocycles. The summed E-state index contributed by atoms with van der Waals surface area (Å²) in [4.78, 5) is 27.0. The van der Waals surface area contributed by atoms with E-state index in [-0.39, 0.29) is 5.91 Å². The van der Waals surface area contributed by atoms with Crippen LogP contribution in [0, 0.1) is 0 Å². The van der Waals surface area contributed by atoms with Crippen molar-refractivity contribution >= 4 is 17.5 Å². The van der Waals surface area contributed by atoms with Crippen molar-refractivity contribution in [3.05, 3.63) is 54.1 Å². The second-order valence-electron chi connectivity index (χ2n) is 6.23. The van der Waals surface area contributed by atoms with E-state index < -0.39 is 18.0 Å². The van der Waals surface area contributed by atoms with E-state index in [0.29, 0.717) is 23.7 Å². The SMILES string of the molecule is COc1ccc(N2C(=O)C3N=NN(Cc4ccccc4)C3C2=O)cc1OC. The van der Waals surface area contributed by atoms with Crippen LogP contribution in [0.15, 0.2) is 58.9 Å². The molecule has 2 aliphatic heterocycles. The van der Waals surface area contributed by atoms with Crippen LogP contribution in [0.5, 0.6) is 11.5 Å². The van der Waals surface area contributed by atoms with E-state index >= 15 is 0 Å². The number of fused-ring (bicyclic) bond motifs is 1. The van der Waals surface area contributed by atoms with E-state index in [1.165, 1.54) is 14.2 Å². The first-order chi connectivity index (χ1) is 13.1. The first-order valence-corrected chi connectivity index (χ1v) is 8.45. The van der Waals surface area contributed by atoms with Crippen molar-refractivity contribution in [2.45, 2.75) is 18.6 Å². The Morgan fingerprint density at radius 1 is 0.963 bits per heavy atom. The topological polar surface area (TPSA) is 83.8 Å². The van der Waals surface area contributed by atoms with E-state index in [1.807, 2.05) is 30.3 Å². The molecule has 8 nitrogen and oxygen atoms in total. The number of ether oxygens (including phenoxy) is 2. The molecule has 4 rings (SSSR count). The van der Waals surface area contributed by atoms with Crippen LogP contribution >= 0.6 is 0 Å². The van der Waals surface area contributed by atoms with Crippen LogP contribution in [0.4, 0.5) is 5.69 Å². The number of rotatable bonds is 5. The smallest absolute Gasteiger partial charge is 0.263 e. The summed E-state index contributed by atoms with van der Waals surface area (Å²) in [6, 6.07) is 13.0. The standard InChI is InChI=1S/C19H18N4O4/c1-26-14-9-8-13(10-15(14)27-2)23-18(24)16-17(19(23)25)22(21-20-16)11-12-6-4-3-5-7-12/h3-10,16-17H,11H2,1-2H3. The van der Waals surface area contributed by atoms with Gasteiger partial charge in [0.15, 0.2) is 23.6 Å². The van der Waals surface area contributed by atoms with Crippen LogP contribution in [0.25, 0.3) is 0 Å². The largest absolute Gasteiger partial charge is 0.493 e. The maximum Gasteiger partial charge on any atom is 0.263 e. The molecule has 0 N–H and O–H groups in total. The molecule has 0 bridgehead atoms. The number of methoxy groups -OCH3 is 2. The van der Waals surface area contributed by atoms with Crippen molar-refractivity contribution in [3.63, 3.8) is 0 Å². The second-order valence-corrected chi connectivity index (χ2v) is 6.23. The first kappa shape index (κ1) is 17.0. The summed E-state index contributed by atoms with van der Waals surface area (Å²) in [7, 11) is 3.02. The van der Waals surface area contributed by atoms with E-state index in [4.69, 9.17) is 9.47 Å². The molecule has 2 unspecified atom stereocenters. The quantitative estimate of drug-likeness (QED) is 0.758. The van der Waals surface area contributed by atoms with Gasteiger partial charge in [-0.15, -0.1) is 0 Å². The summed E-state index contributed by atoms with van der Waals surface area (Å²) < 4.78 is 10.5. The molecular weight excluding hydrogens is 348 g/mol. The summed E-state index contributed by atoms with van der Waals surface area (Å²) in [6.07, 6.45) is 0. The Kier molecular flexibility index (Phi) is 4.23.